The number of benzene rings is 6. The molecule has 49 heavy (non-hydrogen) atoms. The molecule has 0 N–H and O–H groups in total. The highest BCUT2D eigenvalue weighted by Crippen LogP contribution is 2.61. The SMILES string of the molecule is c1ccc(-c2nc(-c3ccncc3)cc(-c3ccc4c(c3)C3(c5ccccc5-c5ccccc5-4)c4ccccc4-c4ccccc43)n2)cc1. The Morgan fingerprint density at radius 1 is 0.327 bits per heavy atom. The van der Waals surface area contributed by atoms with E-state index in [1.54, 1.807) is 0 Å². The smallest absolute Gasteiger partial charge is 0.160 e. The third-order valence-electron chi connectivity index (χ3n) is 10.2. The van der Waals surface area contributed by atoms with Crippen LogP contribution < -0.4 is 0 Å². The van der Waals surface area contributed by atoms with E-state index in [1.807, 2.05) is 42.7 Å². The van der Waals surface area contributed by atoms with Crippen LogP contribution in [-0.2, 0) is 5.41 Å². The molecule has 228 valence electrons. The van der Waals surface area contributed by atoms with Crippen molar-refractivity contribution in [1.82, 2.24) is 15.0 Å². The van der Waals surface area contributed by atoms with Gasteiger partial charge in [-0.2, -0.15) is 0 Å². The lowest BCUT2D eigenvalue weighted by Crippen LogP contribution is -2.29. The predicted octanol–water partition coefficient (Wildman–Crippen LogP) is 10.9. The highest BCUT2D eigenvalue weighted by atomic mass is 14.9. The molecule has 6 aromatic carbocycles. The molecule has 0 atom stereocenters. The summed E-state index contributed by atoms with van der Waals surface area (Å²) in [6.07, 6.45) is 3.63. The fraction of sp³-hybridized carbons (Fsp3) is 0.0217. The van der Waals surface area contributed by atoms with Crippen LogP contribution in [-0.4, -0.2) is 15.0 Å². The number of pyridine rings is 1. The molecule has 0 amide bonds. The topological polar surface area (TPSA) is 38.7 Å². The zero-order chi connectivity index (χ0) is 32.4. The molecular weight excluding hydrogens is 595 g/mol. The van der Waals surface area contributed by atoms with Gasteiger partial charge in [-0.25, -0.2) is 9.97 Å². The molecule has 3 heteroatoms. The van der Waals surface area contributed by atoms with Crippen LogP contribution in [0.1, 0.15) is 22.3 Å². The van der Waals surface area contributed by atoms with Gasteiger partial charge in [-0.05, 0) is 79.9 Å². The predicted molar refractivity (Wildman–Crippen MR) is 198 cm³/mol. The molecule has 0 radical (unpaired) electrons. The molecule has 2 aliphatic carbocycles. The van der Waals surface area contributed by atoms with Gasteiger partial charge in [0.1, 0.15) is 0 Å². The second-order valence-corrected chi connectivity index (χ2v) is 12.8. The normalized spacial score (nSPS) is 13.1. The lowest BCUT2D eigenvalue weighted by molar-refractivity contribution is 0.775. The quantitative estimate of drug-likeness (QED) is 0.197. The van der Waals surface area contributed by atoms with Gasteiger partial charge in [-0.15, -0.1) is 0 Å². The number of hydrogen-bond acceptors (Lipinski definition) is 3. The molecule has 1 spiro atoms. The van der Waals surface area contributed by atoms with Gasteiger partial charge >= 0.3 is 0 Å². The van der Waals surface area contributed by atoms with Crippen LogP contribution in [0.15, 0.2) is 176 Å². The first-order chi connectivity index (χ1) is 24.3. The average Bonchev–Trinajstić information content (AvgIpc) is 3.43. The third kappa shape index (κ3) is 4.06. The third-order valence-corrected chi connectivity index (χ3v) is 10.2. The largest absolute Gasteiger partial charge is 0.265 e. The van der Waals surface area contributed by atoms with E-state index in [0.29, 0.717) is 5.82 Å². The molecule has 3 nitrogen and oxygen atoms in total. The van der Waals surface area contributed by atoms with E-state index in [-0.39, 0.29) is 0 Å². The van der Waals surface area contributed by atoms with Gasteiger partial charge in [0, 0.05) is 29.1 Å². The summed E-state index contributed by atoms with van der Waals surface area (Å²) in [5, 5.41) is 0. The van der Waals surface area contributed by atoms with Crippen LogP contribution >= 0.6 is 0 Å². The molecule has 10 rings (SSSR count). The number of hydrogen-bond donors (Lipinski definition) is 0. The van der Waals surface area contributed by atoms with Gasteiger partial charge < -0.3 is 0 Å². The first-order valence-electron chi connectivity index (χ1n) is 16.7. The summed E-state index contributed by atoms with van der Waals surface area (Å²) in [4.78, 5) is 14.6. The van der Waals surface area contributed by atoms with Crippen LogP contribution in [0.3, 0.4) is 0 Å². The van der Waals surface area contributed by atoms with Crippen molar-refractivity contribution in [2.45, 2.75) is 5.41 Å². The summed E-state index contributed by atoms with van der Waals surface area (Å²) in [6.45, 7) is 0. The van der Waals surface area contributed by atoms with Gasteiger partial charge in [0.15, 0.2) is 5.82 Å². The molecule has 0 saturated heterocycles. The second kappa shape index (κ2) is 10.8. The monoisotopic (exact) mass is 623 g/mol. The minimum absolute atomic E-state index is 0.544. The molecule has 2 aromatic heterocycles. The second-order valence-electron chi connectivity index (χ2n) is 12.8. The van der Waals surface area contributed by atoms with E-state index < -0.39 is 5.41 Å². The molecule has 0 fully saturated rings. The minimum atomic E-state index is -0.544. The number of rotatable bonds is 3. The van der Waals surface area contributed by atoms with Crippen LogP contribution in [0.5, 0.6) is 0 Å². The van der Waals surface area contributed by atoms with Crippen LogP contribution in [0.25, 0.3) is 67.3 Å². The van der Waals surface area contributed by atoms with Gasteiger partial charge in [0.2, 0.25) is 0 Å². The van der Waals surface area contributed by atoms with E-state index >= 15 is 0 Å². The fourth-order valence-electron chi connectivity index (χ4n) is 8.19. The van der Waals surface area contributed by atoms with Crippen molar-refractivity contribution >= 4 is 0 Å². The van der Waals surface area contributed by atoms with Crippen LogP contribution in [0.2, 0.25) is 0 Å². The Labute approximate surface area is 285 Å². The van der Waals surface area contributed by atoms with Crippen molar-refractivity contribution in [1.29, 1.82) is 0 Å². The van der Waals surface area contributed by atoms with Crippen molar-refractivity contribution in [3.05, 3.63) is 198 Å². The highest BCUT2D eigenvalue weighted by molar-refractivity contribution is 5.97. The van der Waals surface area contributed by atoms with Gasteiger partial charge in [0.05, 0.1) is 16.8 Å². The highest BCUT2D eigenvalue weighted by Gasteiger charge is 2.49. The summed E-state index contributed by atoms with van der Waals surface area (Å²) < 4.78 is 0. The Balaban J connectivity index is 1.32. The maximum Gasteiger partial charge on any atom is 0.160 e. The first kappa shape index (κ1) is 27.6. The maximum absolute atomic E-state index is 5.24. The summed E-state index contributed by atoms with van der Waals surface area (Å²) >= 11 is 0. The fourth-order valence-corrected chi connectivity index (χ4v) is 8.19. The van der Waals surface area contributed by atoms with Gasteiger partial charge in [0.25, 0.3) is 0 Å². The Morgan fingerprint density at radius 2 is 0.796 bits per heavy atom. The van der Waals surface area contributed by atoms with E-state index in [4.69, 9.17) is 9.97 Å². The Morgan fingerprint density at radius 3 is 1.39 bits per heavy atom. The molecule has 2 aliphatic rings. The van der Waals surface area contributed by atoms with Crippen molar-refractivity contribution < 1.29 is 0 Å². The lowest BCUT2D eigenvalue weighted by Gasteiger charge is -2.35. The van der Waals surface area contributed by atoms with Gasteiger partial charge in [-0.1, -0.05) is 140 Å². The van der Waals surface area contributed by atoms with E-state index in [9.17, 15) is 0 Å². The maximum atomic E-state index is 5.24. The zero-order valence-corrected chi connectivity index (χ0v) is 26.6. The molecular formula is C46H29N3. The minimum Gasteiger partial charge on any atom is -0.265 e. The number of fused-ring (bicyclic) bond motifs is 12. The number of aromatic nitrogens is 3. The summed E-state index contributed by atoms with van der Waals surface area (Å²) in [6, 6.07) is 59.1. The average molecular weight is 624 g/mol. The molecule has 0 aliphatic heterocycles. The van der Waals surface area contributed by atoms with Crippen molar-refractivity contribution in [3.63, 3.8) is 0 Å². The molecule has 0 saturated carbocycles. The summed E-state index contributed by atoms with van der Waals surface area (Å²) in [5.41, 5.74) is 16.9. The van der Waals surface area contributed by atoms with Crippen LogP contribution in [0, 0.1) is 0 Å². The Kier molecular flexibility index (Phi) is 6.09. The van der Waals surface area contributed by atoms with Crippen LogP contribution in [0.4, 0.5) is 0 Å². The van der Waals surface area contributed by atoms with Gasteiger partial charge in [-0.3, -0.25) is 4.98 Å². The lowest BCUT2D eigenvalue weighted by atomic mass is 9.65. The molecule has 2 heterocycles. The molecule has 0 bridgehead atoms. The van der Waals surface area contributed by atoms with E-state index in [2.05, 4.69) is 138 Å². The summed E-state index contributed by atoms with van der Waals surface area (Å²) in [5.74, 6) is 0.696. The van der Waals surface area contributed by atoms with Crippen molar-refractivity contribution in [2.24, 2.45) is 0 Å². The molecule has 8 aromatic rings. The standard InChI is InChI=1S/C46H29N3/c1-2-12-31(13-3-1)45-48-43(30-24-26-47-27-25-30)29-44(49-45)32-22-23-38-34-15-5-4-14-33(34)35-16-6-9-19-39(35)46(42(38)28-32)40-20-10-7-17-36(40)37-18-8-11-21-41(37)46/h1-29H. The zero-order valence-electron chi connectivity index (χ0n) is 26.6. The Hall–Kier alpha value is -6.45. The first-order valence-corrected chi connectivity index (χ1v) is 16.7. The van der Waals surface area contributed by atoms with Crippen molar-refractivity contribution in [3.8, 4) is 67.3 Å². The van der Waals surface area contributed by atoms with Crippen molar-refractivity contribution in [2.75, 3.05) is 0 Å². The molecule has 0 unspecified atom stereocenters. The number of nitrogens with zero attached hydrogens (tertiary/aromatic N) is 3. The Bertz CT molecular complexity index is 2450. The van der Waals surface area contributed by atoms with E-state index in [1.165, 1.54) is 55.6 Å². The summed E-state index contributed by atoms with van der Waals surface area (Å²) in [7, 11) is 0. The van der Waals surface area contributed by atoms with E-state index in [0.717, 1.165) is 28.1 Å².